The molecule has 0 aliphatic heterocycles. The van der Waals surface area contributed by atoms with Gasteiger partial charge in [-0.1, -0.05) is 58.4 Å². The molecule has 3 aromatic carbocycles. The van der Waals surface area contributed by atoms with Gasteiger partial charge in [-0.3, -0.25) is 9.59 Å². The summed E-state index contributed by atoms with van der Waals surface area (Å²) < 4.78 is 6.32. The molecule has 0 unspecified atom stereocenters. The van der Waals surface area contributed by atoms with E-state index in [2.05, 4.69) is 26.6 Å². The Hall–Kier alpha value is -3.12. The van der Waals surface area contributed by atoms with E-state index in [1.807, 2.05) is 43.3 Å². The fourth-order valence-electron chi connectivity index (χ4n) is 2.81. The maximum atomic E-state index is 12.9. The fourth-order valence-corrected chi connectivity index (χ4v) is 3.18. The molecule has 0 heterocycles. The van der Waals surface area contributed by atoms with Gasteiger partial charge in [-0.25, -0.2) is 0 Å². The minimum atomic E-state index is -0.349. The zero-order valence-electron chi connectivity index (χ0n) is 15.9. The van der Waals surface area contributed by atoms with Crippen molar-refractivity contribution in [3.05, 3.63) is 94.0 Å². The van der Waals surface area contributed by atoms with Gasteiger partial charge in [-0.15, -0.1) is 0 Å². The standard InChI is InChI=1S/C23H21BrN2O3/c1-2-29-21-13-12-17(24)14-19(21)23(28)26-20-11-7-6-10-18(20)22(27)25-15-16-8-4-3-5-9-16/h3-14H,2,15H2,1H3,(H,25,27)(H,26,28). The summed E-state index contributed by atoms with van der Waals surface area (Å²) in [5, 5.41) is 5.72. The van der Waals surface area contributed by atoms with Crippen LogP contribution in [0.5, 0.6) is 5.75 Å². The van der Waals surface area contributed by atoms with Crippen LogP contribution in [0.1, 0.15) is 33.2 Å². The quantitative estimate of drug-likeness (QED) is 0.528. The number of carbonyl (C=O) groups excluding carboxylic acids is 2. The number of para-hydroxylation sites is 1. The van der Waals surface area contributed by atoms with Gasteiger partial charge < -0.3 is 15.4 Å². The molecule has 3 aromatic rings. The molecule has 0 aliphatic rings. The van der Waals surface area contributed by atoms with Crippen LogP contribution in [0, 0.1) is 0 Å². The lowest BCUT2D eigenvalue weighted by Crippen LogP contribution is -2.25. The Kier molecular flexibility index (Phi) is 7.03. The number of nitrogens with one attached hydrogen (secondary N) is 2. The zero-order valence-corrected chi connectivity index (χ0v) is 17.5. The molecule has 0 aromatic heterocycles. The highest BCUT2D eigenvalue weighted by Crippen LogP contribution is 2.25. The van der Waals surface area contributed by atoms with E-state index in [1.165, 1.54) is 0 Å². The summed E-state index contributed by atoms with van der Waals surface area (Å²) in [5.74, 6) is -0.124. The highest BCUT2D eigenvalue weighted by Gasteiger charge is 2.17. The first-order valence-electron chi connectivity index (χ1n) is 9.23. The Bertz CT molecular complexity index is 1010. The summed E-state index contributed by atoms with van der Waals surface area (Å²) >= 11 is 3.38. The summed E-state index contributed by atoms with van der Waals surface area (Å²) in [6, 6.07) is 21.8. The largest absolute Gasteiger partial charge is 0.493 e. The van der Waals surface area contributed by atoms with Crippen LogP contribution in [0.15, 0.2) is 77.3 Å². The minimum Gasteiger partial charge on any atom is -0.493 e. The van der Waals surface area contributed by atoms with Crippen molar-refractivity contribution in [1.29, 1.82) is 0 Å². The normalized spacial score (nSPS) is 10.3. The summed E-state index contributed by atoms with van der Waals surface area (Å²) in [6.07, 6.45) is 0. The summed E-state index contributed by atoms with van der Waals surface area (Å²) in [4.78, 5) is 25.6. The molecule has 0 radical (unpaired) electrons. The Morgan fingerprint density at radius 3 is 2.38 bits per heavy atom. The second kappa shape index (κ2) is 9.89. The molecule has 0 atom stereocenters. The van der Waals surface area contributed by atoms with E-state index in [1.54, 1.807) is 36.4 Å². The summed E-state index contributed by atoms with van der Waals surface area (Å²) in [5.41, 5.74) is 2.22. The molecule has 2 N–H and O–H groups in total. The Morgan fingerprint density at radius 2 is 1.62 bits per heavy atom. The van der Waals surface area contributed by atoms with Crippen molar-refractivity contribution in [3.63, 3.8) is 0 Å². The van der Waals surface area contributed by atoms with Crippen molar-refractivity contribution in [1.82, 2.24) is 5.32 Å². The van der Waals surface area contributed by atoms with Gasteiger partial charge in [0.05, 0.1) is 23.4 Å². The molecule has 0 aliphatic carbocycles. The lowest BCUT2D eigenvalue weighted by atomic mass is 10.1. The molecule has 29 heavy (non-hydrogen) atoms. The number of benzene rings is 3. The molecule has 0 spiro atoms. The Balaban J connectivity index is 1.78. The van der Waals surface area contributed by atoms with Gasteiger partial charge in [0, 0.05) is 11.0 Å². The minimum absolute atomic E-state index is 0.260. The van der Waals surface area contributed by atoms with E-state index in [-0.39, 0.29) is 11.8 Å². The molecule has 0 fully saturated rings. The highest BCUT2D eigenvalue weighted by atomic mass is 79.9. The number of ether oxygens (including phenoxy) is 1. The number of hydrogen-bond acceptors (Lipinski definition) is 3. The van der Waals surface area contributed by atoms with Crippen LogP contribution in [0.2, 0.25) is 0 Å². The predicted molar refractivity (Wildman–Crippen MR) is 117 cm³/mol. The number of anilines is 1. The van der Waals surface area contributed by atoms with E-state index in [0.29, 0.717) is 35.7 Å². The van der Waals surface area contributed by atoms with Crippen molar-refractivity contribution in [2.75, 3.05) is 11.9 Å². The van der Waals surface area contributed by atoms with Gasteiger partial charge in [-0.05, 0) is 42.8 Å². The zero-order chi connectivity index (χ0) is 20.6. The van der Waals surface area contributed by atoms with Gasteiger partial charge in [0.15, 0.2) is 0 Å². The van der Waals surface area contributed by atoms with Gasteiger partial charge >= 0.3 is 0 Å². The van der Waals surface area contributed by atoms with E-state index in [4.69, 9.17) is 4.74 Å². The third kappa shape index (κ3) is 5.45. The number of carbonyl (C=O) groups is 2. The molecule has 0 bridgehead atoms. The lowest BCUT2D eigenvalue weighted by molar-refractivity contribution is 0.0952. The van der Waals surface area contributed by atoms with Gasteiger partial charge in [0.2, 0.25) is 0 Å². The third-order valence-electron chi connectivity index (χ3n) is 4.20. The maximum Gasteiger partial charge on any atom is 0.259 e. The van der Waals surface area contributed by atoms with Gasteiger partial charge in [0.1, 0.15) is 5.75 Å². The van der Waals surface area contributed by atoms with Gasteiger partial charge in [0.25, 0.3) is 11.8 Å². The highest BCUT2D eigenvalue weighted by molar-refractivity contribution is 9.10. The smallest absolute Gasteiger partial charge is 0.259 e. The molecule has 148 valence electrons. The van der Waals surface area contributed by atoms with Crippen LogP contribution in [0.4, 0.5) is 5.69 Å². The van der Waals surface area contributed by atoms with Crippen molar-refractivity contribution >= 4 is 33.4 Å². The summed E-state index contributed by atoms with van der Waals surface area (Å²) in [7, 11) is 0. The molecule has 5 nitrogen and oxygen atoms in total. The number of hydrogen-bond donors (Lipinski definition) is 2. The average molecular weight is 453 g/mol. The summed E-state index contributed by atoms with van der Waals surface area (Å²) in [6.45, 7) is 2.71. The van der Waals surface area contributed by atoms with E-state index in [0.717, 1.165) is 10.0 Å². The first kappa shape index (κ1) is 20.6. The first-order chi connectivity index (χ1) is 14.1. The lowest BCUT2D eigenvalue weighted by Gasteiger charge is -2.14. The van der Waals surface area contributed by atoms with Crippen LogP contribution in [-0.2, 0) is 6.54 Å². The number of halogens is 1. The van der Waals surface area contributed by atoms with Crippen molar-refractivity contribution in [3.8, 4) is 5.75 Å². The first-order valence-corrected chi connectivity index (χ1v) is 10.0. The average Bonchev–Trinajstić information content (AvgIpc) is 2.74. The van der Waals surface area contributed by atoms with Crippen LogP contribution in [0.3, 0.4) is 0 Å². The molecule has 0 saturated heterocycles. The Labute approximate surface area is 178 Å². The van der Waals surface area contributed by atoms with Crippen LogP contribution in [0.25, 0.3) is 0 Å². The second-order valence-corrected chi connectivity index (χ2v) is 7.16. The maximum absolute atomic E-state index is 12.9. The number of amides is 2. The van der Waals surface area contributed by atoms with Crippen molar-refractivity contribution in [2.24, 2.45) is 0 Å². The van der Waals surface area contributed by atoms with Crippen LogP contribution < -0.4 is 15.4 Å². The molecule has 3 rings (SSSR count). The van der Waals surface area contributed by atoms with Gasteiger partial charge in [-0.2, -0.15) is 0 Å². The molecular weight excluding hydrogens is 432 g/mol. The third-order valence-corrected chi connectivity index (χ3v) is 4.70. The second-order valence-electron chi connectivity index (χ2n) is 6.24. The van der Waals surface area contributed by atoms with E-state index >= 15 is 0 Å². The Morgan fingerprint density at radius 1 is 0.897 bits per heavy atom. The van der Waals surface area contributed by atoms with Crippen LogP contribution >= 0.6 is 15.9 Å². The fraction of sp³-hybridized carbons (Fsp3) is 0.130. The molecule has 0 saturated carbocycles. The van der Waals surface area contributed by atoms with Crippen molar-refractivity contribution < 1.29 is 14.3 Å². The van der Waals surface area contributed by atoms with Crippen LogP contribution in [-0.4, -0.2) is 18.4 Å². The topological polar surface area (TPSA) is 67.4 Å². The van der Waals surface area contributed by atoms with E-state index in [9.17, 15) is 9.59 Å². The molecular formula is C23H21BrN2O3. The predicted octanol–water partition coefficient (Wildman–Crippen LogP) is 5.03. The monoisotopic (exact) mass is 452 g/mol. The molecule has 2 amide bonds. The number of rotatable bonds is 7. The van der Waals surface area contributed by atoms with Crippen molar-refractivity contribution in [2.45, 2.75) is 13.5 Å². The van der Waals surface area contributed by atoms with E-state index < -0.39 is 0 Å². The SMILES string of the molecule is CCOc1ccc(Br)cc1C(=O)Nc1ccccc1C(=O)NCc1ccccc1. The molecule has 6 heteroatoms.